The third-order valence-corrected chi connectivity index (χ3v) is 8.14. The average Bonchev–Trinajstić information content (AvgIpc) is 3.50. The lowest BCUT2D eigenvalue weighted by atomic mass is 9.99. The predicted octanol–water partition coefficient (Wildman–Crippen LogP) is 5.32. The Hall–Kier alpha value is -3.78. The summed E-state index contributed by atoms with van der Waals surface area (Å²) in [5.74, 6) is 0.400. The molecule has 2 aromatic heterocycles. The van der Waals surface area contributed by atoms with E-state index in [0.29, 0.717) is 5.82 Å². The second-order valence-electron chi connectivity index (χ2n) is 9.07. The van der Waals surface area contributed by atoms with Crippen LogP contribution in [0.25, 0.3) is 5.00 Å². The van der Waals surface area contributed by atoms with Gasteiger partial charge in [0.25, 0.3) is 0 Å². The summed E-state index contributed by atoms with van der Waals surface area (Å²) in [6, 6.07) is 16.4. The molecule has 1 atom stereocenters. The number of aliphatic imine (C=N–C) groups is 1. The maximum Gasteiger partial charge on any atom is 0.306 e. The number of carbonyl (C=O) groups is 1. The number of rotatable bonds is 4. The van der Waals surface area contributed by atoms with Crippen LogP contribution in [0.5, 0.6) is 0 Å². The molecule has 4 heterocycles. The van der Waals surface area contributed by atoms with Crippen LogP contribution in [0.3, 0.4) is 0 Å². The van der Waals surface area contributed by atoms with Gasteiger partial charge in [-0.2, -0.15) is 0 Å². The maximum atomic E-state index is 11.7. The van der Waals surface area contributed by atoms with Crippen LogP contribution in [0.2, 0.25) is 0 Å². The number of fused-ring (bicyclic) bond motifs is 4. The highest BCUT2D eigenvalue weighted by atomic mass is 32.1. The Morgan fingerprint density at radius 3 is 2.63 bits per heavy atom. The first kappa shape index (κ1) is 21.7. The average molecular weight is 484 g/mol. The van der Waals surface area contributed by atoms with Gasteiger partial charge < -0.3 is 10.0 Å². The summed E-state index contributed by atoms with van der Waals surface area (Å²) in [7, 11) is 0. The number of aromatic nitrogens is 3. The molecule has 35 heavy (non-hydrogen) atoms. The van der Waals surface area contributed by atoms with Gasteiger partial charge in [0, 0.05) is 33.9 Å². The van der Waals surface area contributed by atoms with E-state index in [4.69, 9.17) is 4.99 Å². The molecule has 2 aromatic carbocycles. The van der Waals surface area contributed by atoms with E-state index < -0.39 is 12.0 Å². The summed E-state index contributed by atoms with van der Waals surface area (Å²) in [6.07, 6.45) is 0.897. The Morgan fingerprint density at radius 1 is 1.09 bits per heavy atom. The van der Waals surface area contributed by atoms with Crippen LogP contribution in [-0.2, 0) is 11.2 Å². The van der Waals surface area contributed by atoms with E-state index in [1.165, 1.54) is 16.1 Å². The van der Waals surface area contributed by atoms with Gasteiger partial charge in [-0.1, -0.05) is 30.3 Å². The van der Waals surface area contributed by atoms with Crippen LogP contribution in [-0.4, -0.2) is 38.1 Å². The highest BCUT2D eigenvalue weighted by Crippen LogP contribution is 2.40. The molecule has 0 radical (unpaired) electrons. The van der Waals surface area contributed by atoms with Crippen LogP contribution in [0.4, 0.5) is 11.4 Å². The van der Waals surface area contributed by atoms with Crippen molar-refractivity contribution in [3.05, 3.63) is 87.3 Å². The molecule has 176 valence electrons. The Morgan fingerprint density at radius 2 is 1.86 bits per heavy atom. The molecule has 4 aromatic rings. The normalized spacial score (nSPS) is 16.4. The van der Waals surface area contributed by atoms with Gasteiger partial charge >= 0.3 is 5.97 Å². The molecule has 0 aliphatic carbocycles. The van der Waals surface area contributed by atoms with Crippen molar-refractivity contribution in [3.8, 4) is 5.00 Å². The third kappa shape index (κ3) is 3.47. The highest BCUT2D eigenvalue weighted by molar-refractivity contribution is 7.15. The van der Waals surface area contributed by atoms with Gasteiger partial charge in [-0.15, -0.1) is 21.5 Å². The van der Waals surface area contributed by atoms with Crippen LogP contribution < -0.4 is 4.90 Å². The Labute approximate surface area is 207 Å². The molecule has 2 aliphatic heterocycles. The van der Waals surface area contributed by atoms with E-state index in [2.05, 4.69) is 77.5 Å². The molecule has 0 saturated heterocycles. The number of aryl methyl sites for hydroxylation is 2. The van der Waals surface area contributed by atoms with Crippen molar-refractivity contribution in [1.29, 1.82) is 0 Å². The standard InChI is InChI=1S/C27H25N5O2S/c1-15-16(2)35-27-24(15)25(28-21(14-23(33)34)26-30-29-17(3)32(26)27)19-8-10-20(11-9-19)31-13-12-18-6-4-5-7-22(18)31/h4-11,21H,12-14H2,1-3H3,(H,33,34)/t21-/m0/s1. The van der Waals surface area contributed by atoms with Crippen molar-refractivity contribution in [1.82, 2.24) is 14.8 Å². The van der Waals surface area contributed by atoms with Crippen LogP contribution in [0.1, 0.15) is 51.2 Å². The first-order chi connectivity index (χ1) is 16.9. The van der Waals surface area contributed by atoms with Gasteiger partial charge in [0.2, 0.25) is 0 Å². The van der Waals surface area contributed by atoms with Crippen LogP contribution in [0, 0.1) is 20.8 Å². The lowest BCUT2D eigenvalue weighted by Crippen LogP contribution is -2.14. The van der Waals surface area contributed by atoms with Crippen molar-refractivity contribution in [2.24, 2.45) is 4.99 Å². The molecule has 0 unspecified atom stereocenters. The Balaban J connectivity index is 1.47. The molecular weight excluding hydrogens is 458 g/mol. The number of carboxylic acid groups (broad SMARTS) is 1. The fraction of sp³-hybridized carbons (Fsp3) is 0.259. The van der Waals surface area contributed by atoms with Gasteiger partial charge in [-0.05, 0) is 56.5 Å². The molecule has 0 spiro atoms. The number of benzene rings is 2. The SMILES string of the molecule is Cc1sc2c(c1C)C(c1ccc(N3CCc4ccccc43)cc1)=N[C@@H](CC(=O)O)c1nnc(C)n1-2. The Bertz CT molecular complexity index is 1500. The quantitative estimate of drug-likeness (QED) is 0.425. The number of aliphatic carboxylic acids is 1. The number of para-hydroxylation sites is 1. The highest BCUT2D eigenvalue weighted by Gasteiger charge is 2.32. The zero-order valence-electron chi connectivity index (χ0n) is 19.8. The molecule has 0 bridgehead atoms. The van der Waals surface area contributed by atoms with Crippen molar-refractivity contribution in [3.63, 3.8) is 0 Å². The number of carboxylic acids is 1. The first-order valence-electron chi connectivity index (χ1n) is 11.7. The topological polar surface area (TPSA) is 83.6 Å². The minimum Gasteiger partial charge on any atom is -0.481 e. The summed E-state index contributed by atoms with van der Waals surface area (Å²) >= 11 is 1.67. The van der Waals surface area contributed by atoms with Gasteiger partial charge in [-0.25, -0.2) is 0 Å². The first-order valence-corrected chi connectivity index (χ1v) is 12.5. The van der Waals surface area contributed by atoms with Crippen LogP contribution in [0.15, 0.2) is 53.5 Å². The largest absolute Gasteiger partial charge is 0.481 e. The summed E-state index contributed by atoms with van der Waals surface area (Å²) in [4.78, 5) is 20.3. The van der Waals surface area contributed by atoms with Crippen molar-refractivity contribution in [2.45, 2.75) is 39.7 Å². The minimum atomic E-state index is -0.911. The van der Waals surface area contributed by atoms with Crippen molar-refractivity contribution < 1.29 is 9.90 Å². The second kappa shape index (κ2) is 8.16. The maximum absolute atomic E-state index is 11.7. The van der Waals surface area contributed by atoms with E-state index >= 15 is 0 Å². The van der Waals surface area contributed by atoms with Crippen LogP contribution >= 0.6 is 11.3 Å². The molecule has 7 nitrogen and oxygen atoms in total. The minimum absolute atomic E-state index is 0.142. The number of hydrogen-bond acceptors (Lipinski definition) is 6. The third-order valence-electron chi connectivity index (χ3n) is 6.95. The van der Waals surface area contributed by atoms with Gasteiger partial charge in [0.05, 0.1) is 12.1 Å². The van der Waals surface area contributed by atoms with E-state index in [1.807, 2.05) is 11.5 Å². The van der Waals surface area contributed by atoms with E-state index in [9.17, 15) is 9.90 Å². The molecule has 6 rings (SSSR count). The zero-order chi connectivity index (χ0) is 24.3. The summed E-state index contributed by atoms with van der Waals surface area (Å²) in [5.41, 5.74) is 7.73. The van der Waals surface area contributed by atoms with Gasteiger partial charge in [0.15, 0.2) is 5.82 Å². The fourth-order valence-electron chi connectivity index (χ4n) is 5.10. The molecule has 0 fully saturated rings. The lowest BCUT2D eigenvalue weighted by molar-refractivity contribution is -0.137. The number of hydrogen-bond donors (Lipinski definition) is 1. The Kier molecular flexibility index (Phi) is 5.07. The summed E-state index contributed by atoms with van der Waals surface area (Å²) in [6.45, 7) is 7.07. The number of anilines is 2. The van der Waals surface area contributed by atoms with E-state index in [-0.39, 0.29) is 6.42 Å². The van der Waals surface area contributed by atoms with E-state index in [0.717, 1.165) is 51.9 Å². The summed E-state index contributed by atoms with van der Waals surface area (Å²) < 4.78 is 1.99. The fourth-order valence-corrected chi connectivity index (χ4v) is 6.31. The predicted molar refractivity (Wildman–Crippen MR) is 138 cm³/mol. The molecule has 0 amide bonds. The van der Waals surface area contributed by atoms with Crippen molar-refractivity contribution >= 4 is 34.4 Å². The second-order valence-corrected chi connectivity index (χ2v) is 10.3. The number of thiophene rings is 1. The van der Waals surface area contributed by atoms with E-state index in [1.54, 1.807) is 11.3 Å². The van der Waals surface area contributed by atoms with Crippen molar-refractivity contribution in [2.75, 3.05) is 11.4 Å². The molecule has 0 saturated carbocycles. The molecular formula is C27H25N5O2S. The monoisotopic (exact) mass is 483 g/mol. The zero-order valence-corrected chi connectivity index (χ0v) is 20.6. The lowest BCUT2D eigenvalue weighted by Gasteiger charge is -2.20. The molecule has 2 aliphatic rings. The molecule has 1 N–H and O–H groups in total. The number of nitrogens with zero attached hydrogens (tertiary/aromatic N) is 5. The smallest absolute Gasteiger partial charge is 0.306 e. The van der Waals surface area contributed by atoms with Gasteiger partial charge in [0.1, 0.15) is 16.9 Å². The van der Waals surface area contributed by atoms with Gasteiger partial charge in [-0.3, -0.25) is 14.4 Å². The summed E-state index contributed by atoms with van der Waals surface area (Å²) in [5, 5.41) is 19.2. The molecule has 8 heteroatoms.